The molecule has 0 saturated carbocycles. The molecule has 0 fully saturated rings. The van der Waals surface area contributed by atoms with E-state index in [0.717, 1.165) is 0 Å². The minimum atomic E-state index is -1.11. The summed E-state index contributed by atoms with van der Waals surface area (Å²) in [6.07, 6.45) is 0. The number of hydrogen-bond donors (Lipinski definition) is 2. The van der Waals surface area contributed by atoms with Crippen LogP contribution in [0.15, 0.2) is 24.3 Å². The van der Waals surface area contributed by atoms with Gasteiger partial charge in [0.15, 0.2) is 0 Å². The summed E-state index contributed by atoms with van der Waals surface area (Å²) in [5.41, 5.74) is -0.0671. The van der Waals surface area contributed by atoms with Crippen LogP contribution in [0.2, 0.25) is 0 Å². The molecule has 0 spiro atoms. The van der Waals surface area contributed by atoms with E-state index in [1.165, 1.54) is 12.1 Å². The van der Waals surface area contributed by atoms with Crippen molar-refractivity contribution in [3.8, 4) is 5.75 Å². The molecule has 1 aromatic carbocycles. The number of phenols is 1. The van der Waals surface area contributed by atoms with Gasteiger partial charge in [0.05, 0.1) is 0 Å². The van der Waals surface area contributed by atoms with Crippen LogP contribution in [0.25, 0.3) is 0 Å². The largest absolute Gasteiger partial charge is 0.507 e. The van der Waals surface area contributed by atoms with Crippen molar-refractivity contribution in [3.63, 3.8) is 0 Å². The second-order valence-electron chi connectivity index (χ2n) is 1.82. The molecule has 0 amide bonds. The van der Waals surface area contributed by atoms with Crippen molar-refractivity contribution < 1.29 is 55.4 Å². The number of aromatic carboxylic acids is 1. The number of para-hydroxylation sites is 1. The summed E-state index contributed by atoms with van der Waals surface area (Å²) in [4.78, 5) is 10.3. The molecule has 0 bridgehead atoms. The van der Waals surface area contributed by atoms with Crippen LogP contribution in [0.1, 0.15) is 10.4 Å². The molecular formula is C7H6O3Sm. The fourth-order valence-corrected chi connectivity index (χ4v) is 0.654. The second-order valence-corrected chi connectivity index (χ2v) is 1.82. The topological polar surface area (TPSA) is 57.5 Å². The van der Waals surface area contributed by atoms with Gasteiger partial charge in [-0.05, 0) is 12.1 Å². The monoisotopic (exact) mass is 290 g/mol. The molecule has 0 aliphatic carbocycles. The predicted octanol–water partition coefficient (Wildman–Crippen LogP) is 1.09. The summed E-state index contributed by atoms with van der Waals surface area (Å²) in [6.45, 7) is 0. The van der Waals surface area contributed by atoms with E-state index in [2.05, 4.69) is 0 Å². The third-order valence-electron chi connectivity index (χ3n) is 1.13. The van der Waals surface area contributed by atoms with Gasteiger partial charge in [0.1, 0.15) is 11.3 Å². The van der Waals surface area contributed by atoms with Gasteiger partial charge in [-0.3, -0.25) is 0 Å². The molecule has 0 unspecified atom stereocenters. The minimum absolute atomic E-state index is 0. The van der Waals surface area contributed by atoms with Crippen LogP contribution in [-0.4, -0.2) is 16.2 Å². The van der Waals surface area contributed by atoms with Crippen molar-refractivity contribution in [1.82, 2.24) is 0 Å². The summed E-state index contributed by atoms with van der Waals surface area (Å²) in [5, 5.41) is 17.3. The number of carboxylic acids is 1. The Morgan fingerprint density at radius 2 is 1.82 bits per heavy atom. The van der Waals surface area contributed by atoms with Crippen LogP contribution in [0.3, 0.4) is 0 Å². The summed E-state index contributed by atoms with van der Waals surface area (Å²) < 4.78 is 0. The van der Waals surface area contributed by atoms with E-state index in [1.807, 2.05) is 0 Å². The molecule has 58 valence electrons. The van der Waals surface area contributed by atoms with Crippen LogP contribution in [0.4, 0.5) is 0 Å². The minimum Gasteiger partial charge on any atom is -0.507 e. The van der Waals surface area contributed by atoms with E-state index >= 15 is 0 Å². The van der Waals surface area contributed by atoms with Crippen LogP contribution in [0.5, 0.6) is 5.75 Å². The van der Waals surface area contributed by atoms with Crippen molar-refractivity contribution in [3.05, 3.63) is 29.8 Å². The maximum absolute atomic E-state index is 10.3. The quantitative estimate of drug-likeness (QED) is 0.813. The number of rotatable bonds is 1. The van der Waals surface area contributed by atoms with E-state index in [9.17, 15) is 4.79 Å². The van der Waals surface area contributed by atoms with Gasteiger partial charge >= 0.3 is 5.97 Å². The van der Waals surface area contributed by atoms with Gasteiger partial charge < -0.3 is 10.2 Å². The summed E-state index contributed by atoms with van der Waals surface area (Å²) >= 11 is 0. The molecule has 0 aromatic heterocycles. The van der Waals surface area contributed by atoms with Gasteiger partial charge in [-0.15, -0.1) is 0 Å². The Morgan fingerprint density at radius 3 is 2.18 bits per heavy atom. The first-order valence-electron chi connectivity index (χ1n) is 2.73. The van der Waals surface area contributed by atoms with Gasteiger partial charge in [0.25, 0.3) is 0 Å². The van der Waals surface area contributed by atoms with Crippen LogP contribution in [-0.2, 0) is 0 Å². The second kappa shape index (κ2) is 4.65. The van der Waals surface area contributed by atoms with Gasteiger partial charge in [0.2, 0.25) is 0 Å². The summed E-state index contributed by atoms with van der Waals surface area (Å²) in [7, 11) is 0. The number of benzene rings is 1. The Kier molecular flexibility index (Phi) is 4.58. The standard InChI is InChI=1S/C7H6O3.Sm/c8-6-4-2-1-3-5(6)7(9)10;/h1-4,8H,(H,9,10);. The first-order valence-corrected chi connectivity index (χ1v) is 2.73. The zero-order chi connectivity index (χ0) is 7.56. The van der Waals surface area contributed by atoms with E-state index in [0.29, 0.717) is 0 Å². The Hall–Kier alpha value is -0.172. The average Bonchev–Trinajstić information content (AvgIpc) is 1.88. The van der Waals surface area contributed by atoms with Crippen LogP contribution >= 0.6 is 0 Å². The van der Waals surface area contributed by atoms with Crippen LogP contribution < -0.4 is 0 Å². The smallest absolute Gasteiger partial charge is 0.339 e. The molecule has 11 heavy (non-hydrogen) atoms. The SMILES string of the molecule is O=C(O)c1ccccc1O.[Sm]. The molecule has 0 saturated heterocycles. The van der Waals surface area contributed by atoms with Crippen molar-refractivity contribution in [2.75, 3.05) is 0 Å². The first-order chi connectivity index (χ1) is 4.72. The fraction of sp³-hybridized carbons (Fsp3) is 0. The summed E-state index contributed by atoms with van der Waals surface area (Å²) in [5.74, 6) is -1.31. The number of carbonyl (C=O) groups is 1. The first kappa shape index (κ1) is 10.8. The maximum atomic E-state index is 10.3. The van der Waals surface area contributed by atoms with Crippen molar-refractivity contribution >= 4 is 5.97 Å². The average molecular weight is 288 g/mol. The number of carboxylic acid groups (broad SMARTS) is 1. The predicted molar refractivity (Wildman–Crippen MR) is 35.1 cm³/mol. The molecule has 4 heteroatoms. The molecule has 0 radical (unpaired) electrons. The zero-order valence-corrected chi connectivity index (χ0v) is 8.14. The molecule has 0 aliphatic heterocycles. The maximum Gasteiger partial charge on any atom is 0.339 e. The Morgan fingerprint density at radius 1 is 1.27 bits per heavy atom. The van der Waals surface area contributed by atoms with E-state index in [4.69, 9.17) is 10.2 Å². The molecule has 1 aromatic rings. The van der Waals surface area contributed by atoms with Gasteiger partial charge in [-0.1, -0.05) is 12.1 Å². The van der Waals surface area contributed by atoms with Gasteiger partial charge in [-0.2, -0.15) is 0 Å². The molecule has 0 heterocycles. The molecule has 1 rings (SSSR count). The van der Waals surface area contributed by atoms with E-state index < -0.39 is 5.97 Å². The van der Waals surface area contributed by atoms with Gasteiger partial charge in [0, 0.05) is 40.4 Å². The molecule has 3 nitrogen and oxygen atoms in total. The number of hydrogen-bond acceptors (Lipinski definition) is 2. The van der Waals surface area contributed by atoms with Crippen LogP contribution in [0, 0.1) is 40.4 Å². The Labute approximate surface area is 96.2 Å². The zero-order valence-electron chi connectivity index (χ0n) is 5.52. The van der Waals surface area contributed by atoms with Gasteiger partial charge in [-0.25, -0.2) is 4.79 Å². The number of aromatic hydroxyl groups is 1. The van der Waals surface area contributed by atoms with E-state index in [-0.39, 0.29) is 51.7 Å². The molecule has 0 atom stereocenters. The molecular weight excluding hydrogens is 282 g/mol. The van der Waals surface area contributed by atoms with E-state index in [1.54, 1.807) is 12.1 Å². The molecule has 0 aliphatic rings. The van der Waals surface area contributed by atoms with Crippen molar-refractivity contribution in [2.45, 2.75) is 0 Å². The van der Waals surface area contributed by atoms with Crippen molar-refractivity contribution in [2.24, 2.45) is 0 Å². The Balaban J connectivity index is 0.000001000. The third-order valence-corrected chi connectivity index (χ3v) is 1.13. The molecule has 2 N–H and O–H groups in total. The third kappa shape index (κ3) is 2.74. The van der Waals surface area contributed by atoms with Crippen molar-refractivity contribution in [1.29, 1.82) is 0 Å². The fourth-order valence-electron chi connectivity index (χ4n) is 0.654. The summed E-state index contributed by atoms with van der Waals surface area (Å²) in [6, 6.07) is 5.81. The normalized spacial score (nSPS) is 8.36. The Bertz CT molecular complexity index is 260.